The van der Waals surface area contributed by atoms with Gasteiger partial charge in [-0.1, -0.05) is 12.1 Å². The van der Waals surface area contributed by atoms with E-state index >= 15 is 0 Å². The summed E-state index contributed by atoms with van der Waals surface area (Å²) in [5, 5.41) is 13.2. The summed E-state index contributed by atoms with van der Waals surface area (Å²) in [6.45, 7) is 1.72. The molecular weight excluding hydrogens is 388 g/mol. The maximum absolute atomic E-state index is 12.3. The van der Waals surface area contributed by atoms with E-state index in [0.717, 1.165) is 0 Å². The molecule has 2 N–H and O–H groups in total. The standard InChI is InChI=1S/C22H20N2O6/c1-13-18(5-4-6-19(13)22(26)27)20-8-7-15(30-20)12-23-24-21(25)14-9-16(28-2)11-17(10-14)29-3/h4-12H,1-3H3,(H,24,25)(H,26,27)/b23-12-. The molecule has 0 saturated heterocycles. The monoisotopic (exact) mass is 408 g/mol. The van der Waals surface area contributed by atoms with Gasteiger partial charge in [-0.25, -0.2) is 10.2 Å². The van der Waals surface area contributed by atoms with Gasteiger partial charge in [0.15, 0.2) is 0 Å². The molecule has 1 amide bonds. The van der Waals surface area contributed by atoms with E-state index in [1.54, 1.807) is 49.4 Å². The van der Waals surface area contributed by atoms with Gasteiger partial charge in [0, 0.05) is 17.2 Å². The second kappa shape index (κ2) is 8.95. The second-order valence-electron chi connectivity index (χ2n) is 6.29. The Kier molecular flexibility index (Phi) is 6.17. The molecule has 3 aromatic rings. The van der Waals surface area contributed by atoms with Gasteiger partial charge in [-0.15, -0.1) is 0 Å². The van der Waals surface area contributed by atoms with Crippen molar-refractivity contribution in [1.82, 2.24) is 5.43 Å². The van der Waals surface area contributed by atoms with Crippen molar-refractivity contribution < 1.29 is 28.6 Å². The number of hydrogen-bond acceptors (Lipinski definition) is 6. The fraction of sp³-hybridized carbons (Fsp3) is 0.136. The highest BCUT2D eigenvalue weighted by Gasteiger charge is 2.14. The van der Waals surface area contributed by atoms with Gasteiger partial charge in [0.1, 0.15) is 23.0 Å². The predicted molar refractivity (Wildman–Crippen MR) is 110 cm³/mol. The van der Waals surface area contributed by atoms with E-state index in [0.29, 0.717) is 39.7 Å². The molecule has 0 bridgehead atoms. The number of benzene rings is 2. The van der Waals surface area contributed by atoms with Crippen LogP contribution in [-0.2, 0) is 0 Å². The van der Waals surface area contributed by atoms with Crippen LogP contribution in [0.25, 0.3) is 11.3 Å². The number of rotatable bonds is 7. The van der Waals surface area contributed by atoms with Gasteiger partial charge >= 0.3 is 5.97 Å². The second-order valence-corrected chi connectivity index (χ2v) is 6.29. The number of nitrogens with zero attached hydrogens (tertiary/aromatic N) is 1. The summed E-state index contributed by atoms with van der Waals surface area (Å²) in [5.41, 5.74) is 4.22. The molecule has 0 saturated carbocycles. The molecule has 0 aliphatic heterocycles. The van der Waals surface area contributed by atoms with Crippen molar-refractivity contribution in [3.05, 3.63) is 71.0 Å². The highest BCUT2D eigenvalue weighted by atomic mass is 16.5. The number of aromatic carboxylic acids is 1. The van der Waals surface area contributed by atoms with Gasteiger partial charge < -0.3 is 19.0 Å². The molecule has 0 radical (unpaired) electrons. The molecule has 8 nitrogen and oxygen atoms in total. The number of hydrogen-bond donors (Lipinski definition) is 2. The number of methoxy groups -OCH3 is 2. The van der Waals surface area contributed by atoms with Crippen LogP contribution in [0.3, 0.4) is 0 Å². The van der Waals surface area contributed by atoms with E-state index < -0.39 is 11.9 Å². The summed E-state index contributed by atoms with van der Waals surface area (Å²) in [6, 6.07) is 13.1. The molecule has 0 spiro atoms. The lowest BCUT2D eigenvalue weighted by atomic mass is 10.0. The van der Waals surface area contributed by atoms with Gasteiger partial charge in [0.25, 0.3) is 5.91 Å². The van der Waals surface area contributed by atoms with E-state index in [2.05, 4.69) is 10.5 Å². The van der Waals surface area contributed by atoms with Crippen molar-refractivity contribution in [3.63, 3.8) is 0 Å². The van der Waals surface area contributed by atoms with Gasteiger partial charge in [-0.3, -0.25) is 4.79 Å². The molecule has 0 aliphatic rings. The number of carboxylic acid groups (broad SMARTS) is 1. The summed E-state index contributed by atoms with van der Waals surface area (Å²) in [6.07, 6.45) is 1.36. The zero-order valence-electron chi connectivity index (χ0n) is 16.6. The topological polar surface area (TPSA) is 110 Å². The first-order chi connectivity index (χ1) is 14.4. The summed E-state index contributed by atoms with van der Waals surface area (Å²) >= 11 is 0. The maximum Gasteiger partial charge on any atom is 0.335 e. The third-order valence-corrected chi connectivity index (χ3v) is 4.43. The van der Waals surface area contributed by atoms with Gasteiger partial charge in [-0.05, 0) is 42.8 Å². The van der Waals surface area contributed by atoms with Crippen molar-refractivity contribution in [1.29, 1.82) is 0 Å². The highest BCUT2D eigenvalue weighted by molar-refractivity contribution is 5.95. The number of carbonyl (C=O) groups excluding carboxylic acids is 1. The van der Waals surface area contributed by atoms with Crippen LogP contribution < -0.4 is 14.9 Å². The number of furan rings is 1. The molecule has 0 aliphatic carbocycles. The van der Waals surface area contributed by atoms with Crippen molar-refractivity contribution in [2.45, 2.75) is 6.92 Å². The van der Waals surface area contributed by atoms with Crippen molar-refractivity contribution in [2.24, 2.45) is 5.10 Å². The first-order valence-corrected chi connectivity index (χ1v) is 8.92. The van der Waals surface area contributed by atoms with Crippen molar-refractivity contribution >= 4 is 18.1 Å². The smallest absolute Gasteiger partial charge is 0.335 e. The summed E-state index contributed by atoms with van der Waals surface area (Å²) in [4.78, 5) is 23.6. The largest absolute Gasteiger partial charge is 0.497 e. The molecule has 1 aromatic heterocycles. The Morgan fingerprint density at radius 1 is 1.07 bits per heavy atom. The number of hydrazone groups is 1. The quantitative estimate of drug-likeness (QED) is 0.455. The van der Waals surface area contributed by atoms with Gasteiger partial charge in [0.2, 0.25) is 0 Å². The van der Waals surface area contributed by atoms with Crippen LogP contribution in [0.2, 0.25) is 0 Å². The van der Waals surface area contributed by atoms with E-state index in [1.807, 2.05) is 0 Å². The molecule has 2 aromatic carbocycles. The summed E-state index contributed by atoms with van der Waals surface area (Å²) < 4.78 is 16.0. The third-order valence-electron chi connectivity index (χ3n) is 4.43. The summed E-state index contributed by atoms with van der Waals surface area (Å²) in [7, 11) is 2.99. The highest BCUT2D eigenvalue weighted by Crippen LogP contribution is 2.27. The zero-order chi connectivity index (χ0) is 21.7. The first-order valence-electron chi connectivity index (χ1n) is 8.92. The van der Waals surface area contributed by atoms with Crippen LogP contribution in [-0.4, -0.2) is 37.4 Å². The van der Waals surface area contributed by atoms with Crippen LogP contribution in [0.15, 0.2) is 58.0 Å². The fourth-order valence-corrected chi connectivity index (χ4v) is 2.86. The number of carboxylic acids is 1. The van der Waals surface area contributed by atoms with Crippen LogP contribution >= 0.6 is 0 Å². The molecule has 30 heavy (non-hydrogen) atoms. The Balaban J connectivity index is 1.73. The first kappa shape index (κ1) is 20.7. The van der Waals surface area contributed by atoms with Crippen LogP contribution in [0.4, 0.5) is 0 Å². The lowest BCUT2D eigenvalue weighted by molar-refractivity contribution is 0.0696. The lowest BCUT2D eigenvalue weighted by Gasteiger charge is -2.07. The van der Waals surface area contributed by atoms with E-state index in [9.17, 15) is 14.7 Å². The number of carbonyl (C=O) groups is 2. The van der Waals surface area contributed by atoms with E-state index in [-0.39, 0.29) is 5.56 Å². The zero-order valence-corrected chi connectivity index (χ0v) is 16.6. The van der Waals surface area contributed by atoms with E-state index in [4.69, 9.17) is 13.9 Å². The molecule has 3 rings (SSSR count). The Hall–Kier alpha value is -4.07. The number of amides is 1. The average molecular weight is 408 g/mol. The van der Waals surface area contributed by atoms with Crippen molar-refractivity contribution in [2.75, 3.05) is 14.2 Å². The molecule has 1 heterocycles. The summed E-state index contributed by atoms with van der Waals surface area (Å²) in [5.74, 6) is 0.422. The van der Waals surface area contributed by atoms with Crippen molar-refractivity contribution in [3.8, 4) is 22.8 Å². The molecule has 8 heteroatoms. The molecular formula is C22H20N2O6. The molecule has 0 unspecified atom stereocenters. The van der Waals surface area contributed by atoms with Gasteiger partial charge in [-0.2, -0.15) is 5.10 Å². The fourth-order valence-electron chi connectivity index (χ4n) is 2.86. The third kappa shape index (κ3) is 4.49. The minimum Gasteiger partial charge on any atom is -0.497 e. The van der Waals surface area contributed by atoms with Gasteiger partial charge in [0.05, 0.1) is 26.0 Å². The average Bonchev–Trinajstić information content (AvgIpc) is 3.21. The predicted octanol–water partition coefficient (Wildman–Crippen LogP) is 3.73. The maximum atomic E-state index is 12.3. The minimum absolute atomic E-state index is 0.208. The minimum atomic E-state index is -1.00. The molecule has 0 atom stereocenters. The Bertz CT molecular complexity index is 1090. The number of ether oxygens (including phenoxy) is 2. The Morgan fingerprint density at radius 2 is 1.77 bits per heavy atom. The lowest BCUT2D eigenvalue weighted by Crippen LogP contribution is -2.17. The Morgan fingerprint density at radius 3 is 2.40 bits per heavy atom. The van der Waals surface area contributed by atoms with E-state index in [1.165, 1.54) is 26.5 Å². The Labute approximate surface area is 172 Å². The van der Waals surface area contributed by atoms with Crippen LogP contribution in [0, 0.1) is 6.92 Å². The molecule has 0 fully saturated rings. The van der Waals surface area contributed by atoms with Crippen LogP contribution in [0.5, 0.6) is 11.5 Å². The number of nitrogens with one attached hydrogen (secondary N) is 1. The van der Waals surface area contributed by atoms with Crippen LogP contribution in [0.1, 0.15) is 32.0 Å². The molecule has 154 valence electrons. The normalized spacial score (nSPS) is 10.8. The SMILES string of the molecule is COc1cc(OC)cc(C(=O)N/N=C\c2ccc(-c3cccc(C(=O)O)c3C)o2)c1.